The van der Waals surface area contributed by atoms with E-state index in [4.69, 9.17) is 9.47 Å². The molecule has 2 aliphatic heterocycles. The standard InChI is InChI=1S/C25H33NO10/c1-12-8-9-22(32)20(4)11-23(33)21(5,18(30)24(22,36-23)14(12)27)25(34,19(2,3)31)16(15(20)28)35-17(29)13-7-6-10-26-13/h6-7,10,12,14,16,26-27,31-34H,8-9,11H2,1-5H3/t12-,14+,16-,20+,21+,22-,23-,24-,25-/m0/s1. The lowest BCUT2D eigenvalue weighted by molar-refractivity contribution is -0.386. The van der Waals surface area contributed by atoms with Gasteiger partial charge in [-0.1, -0.05) is 6.92 Å². The highest BCUT2D eigenvalue weighted by Crippen LogP contribution is 2.74. The lowest BCUT2D eigenvalue weighted by Crippen LogP contribution is -2.81. The molecule has 3 bridgehead atoms. The molecule has 0 amide bonds. The van der Waals surface area contributed by atoms with Crippen molar-refractivity contribution in [3.8, 4) is 0 Å². The molecule has 6 N–H and O–H groups in total. The number of hydrogen-bond donors (Lipinski definition) is 6. The van der Waals surface area contributed by atoms with Crippen molar-refractivity contribution in [2.24, 2.45) is 16.7 Å². The zero-order valence-corrected chi connectivity index (χ0v) is 20.9. The van der Waals surface area contributed by atoms with Crippen LogP contribution in [0.2, 0.25) is 0 Å². The molecule has 198 valence electrons. The second-order valence-electron chi connectivity index (χ2n) is 12.0. The lowest BCUT2D eigenvalue weighted by atomic mass is 9.48. The Morgan fingerprint density at radius 1 is 1.22 bits per heavy atom. The van der Waals surface area contributed by atoms with Crippen LogP contribution >= 0.6 is 0 Å². The molecule has 0 radical (unpaired) electrons. The molecule has 1 spiro atoms. The van der Waals surface area contributed by atoms with E-state index < -0.39 is 81.1 Å². The summed E-state index contributed by atoms with van der Waals surface area (Å²) < 4.78 is 11.5. The van der Waals surface area contributed by atoms with Crippen molar-refractivity contribution in [3.05, 3.63) is 24.0 Å². The third-order valence-corrected chi connectivity index (χ3v) is 9.84. The van der Waals surface area contributed by atoms with Crippen LogP contribution in [-0.2, 0) is 19.1 Å². The van der Waals surface area contributed by atoms with E-state index >= 15 is 0 Å². The Kier molecular flexibility index (Phi) is 4.84. The van der Waals surface area contributed by atoms with E-state index in [1.165, 1.54) is 25.3 Å². The Balaban J connectivity index is 1.84. The summed E-state index contributed by atoms with van der Waals surface area (Å²) >= 11 is 0. The van der Waals surface area contributed by atoms with Gasteiger partial charge in [-0.25, -0.2) is 4.79 Å². The number of H-pyrrole nitrogens is 1. The Bertz CT molecular complexity index is 1160. The first-order valence-corrected chi connectivity index (χ1v) is 12.1. The fourth-order valence-electron chi connectivity index (χ4n) is 7.58. The second kappa shape index (κ2) is 6.83. The van der Waals surface area contributed by atoms with Gasteiger partial charge in [-0.3, -0.25) is 9.59 Å². The highest BCUT2D eigenvalue weighted by Gasteiger charge is 2.94. The van der Waals surface area contributed by atoms with Crippen molar-refractivity contribution in [2.75, 3.05) is 0 Å². The average molecular weight is 508 g/mol. The van der Waals surface area contributed by atoms with Crippen LogP contribution in [0.1, 0.15) is 64.4 Å². The van der Waals surface area contributed by atoms with Gasteiger partial charge in [-0.15, -0.1) is 0 Å². The zero-order chi connectivity index (χ0) is 26.9. The van der Waals surface area contributed by atoms with E-state index in [0.29, 0.717) is 0 Å². The largest absolute Gasteiger partial charge is 0.446 e. The first kappa shape index (κ1) is 25.5. The number of rotatable bonds is 3. The van der Waals surface area contributed by atoms with Gasteiger partial charge < -0.3 is 40.0 Å². The normalized spacial score (nSPS) is 50.1. The number of hydrogen-bond acceptors (Lipinski definition) is 10. The summed E-state index contributed by atoms with van der Waals surface area (Å²) in [5.41, 5.74) is -14.6. The molecule has 11 nitrogen and oxygen atoms in total. The van der Waals surface area contributed by atoms with E-state index in [2.05, 4.69) is 4.98 Å². The van der Waals surface area contributed by atoms with Gasteiger partial charge in [0, 0.05) is 12.6 Å². The fraction of sp³-hybridized carbons (Fsp3) is 0.720. The number of Topliss-reactive ketones (excluding diaryl/α,β-unsaturated/α-hetero) is 2. The first-order chi connectivity index (χ1) is 16.4. The van der Waals surface area contributed by atoms with Crippen LogP contribution in [-0.4, -0.2) is 88.5 Å². The maximum atomic E-state index is 14.5. The van der Waals surface area contributed by atoms with Crippen LogP contribution in [0.25, 0.3) is 0 Å². The monoisotopic (exact) mass is 507 g/mol. The minimum absolute atomic E-state index is 0.0618. The van der Waals surface area contributed by atoms with E-state index in [1.807, 2.05) is 0 Å². The van der Waals surface area contributed by atoms with Crippen LogP contribution in [0.4, 0.5) is 0 Å². The van der Waals surface area contributed by atoms with Crippen molar-refractivity contribution in [3.63, 3.8) is 0 Å². The number of aliphatic hydroxyl groups excluding tert-OH is 1. The Labute approximate surface area is 207 Å². The molecule has 2 aliphatic carbocycles. The van der Waals surface area contributed by atoms with Gasteiger partial charge in [-0.2, -0.15) is 0 Å². The molecule has 1 aromatic heterocycles. The summed E-state index contributed by atoms with van der Waals surface area (Å²) in [5.74, 6) is -6.30. The summed E-state index contributed by atoms with van der Waals surface area (Å²) in [5, 5.41) is 59.1. The van der Waals surface area contributed by atoms with Crippen molar-refractivity contribution in [1.29, 1.82) is 0 Å². The first-order valence-electron chi connectivity index (χ1n) is 12.1. The highest BCUT2D eigenvalue weighted by molar-refractivity contribution is 6.06. The molecule has 11 heteroatoms. The number of ketones is 2. The molecular weight excluding hydrogens is 474 g/mol. The van der Waals surface area contributed by atoms with Crippen molar-refractivity contribution in [2.45, 2.75) is 94.3 Å². The number of carbonyl (C=O) groups excluding carboxylic acids is 3. The highest BCUT2D eigenvalue weighted by atomic mass is 16.7. The number of carbonyl (C=O) groups is 3. The summed E-state index contributed by atoms with van der Waals surface area (Å²) in [4.78, 5) is 44.5. The summed E-state index contributed by atoms with van der Waals surface area (Å²) in [7, 11) is 0. The minimum atomic E-state index is -2.94. The van der Waals surface area contributed by atoms with Gasteiger partial charge >= 0.3 is 5.97 Å². The second-order valence-corrected chi connectivity index (χ2v) is 12.0. The molecule has 2 saturated carbocycles. The van der Waals surface area contributed by atoms with Crippen LogP contribution in [0.5, 0.6) is 0 Å². The van der Waals surface area contributed by atoms with Crippen molar-refractivity contribution in [1.82, 2.24) is 4.98 Å². The topological polar surface area (TPSA) is 187 Å². The van der Waals surface area contributed by atoms with E-state index in [9.17, 15) is 39.9 Å². The molecule has 9 atom stereocenters. The molecule has 5 rings (SSSR count). The van der Waals surface area contributed by atoms with Gasteiger partial charge in [-0.05, 0) is 58.6 Å². The quantitative estimate of drug-likeness (QED) is 0.294. The number of nitrogens with one attached hydrogen (secondary N) is 1. The lowest BCUT2D eigenvalue weighted by Gasteiger charge is -2.61. The van der Waals surface area contributed by atoms with Gasteiger partial charge in [0.2, 0.25) is 0 Å². The van der Waals surface area contributed by atoms with Crippen LogP contribution in [0, 0.1) is 16.7 Å². The number of aromatic amines is 1. The van der Waals surface area contributed by atoms with Gasteiger partial charge in [0.1, 0.15) is 16.7 Å². The predicted molar refractivity (Wildman–Crippen MR) is 120 cm³/mol. The van der Waals surface area contributed by atoms with E-state index in [1.54, 1.807) is 6.92 Å². The summed E-state index contributed by atoms with van der Waals surface area (Å²) in [6.45, 7) is 6.32. The average Bonchev–Trinajstić information content (AvgIpc) is 3.37. The maximum Gasteiger partial charge on any atom is 0.355 e. The van der Waals surface area contributed by atoms with Gasteiger partial charge in [0.25, 0.3) is 0 Å². The molecule has 36 heavy (non-hydrogen) atoms. The van der Waals surface area contributed by atoms with Crippen LogP contribution < -0.4 is 0 Å². The smallest absolute Gasteiger partial charge is 0.355 e. The predicted octanol–water partition coefficient (Wildman–Crippen LogP) is -0.410. The molecule has 2 saturated heterocycles. The number of ether oxygens (including phenoxy) is 2. The molecule has 1 aromatic rings. The molecular formula is C25H33NO10. The molecule has 4 aliphatic rings. The Morgan fingerprint density at radius 3 is 2.42 bits per heavy atom. The van der Waals surface area contributed by atoms with Crippen LogP contribution in [0.3, 0.4) is 0 Å². The third-order valence-electron chi connectivity index (χ3n) is 9.84. The maximum absolute atomic E-state index is 14.5. The number of aliphatic hydroxyl groups is 5. The van der Waals surface area contributed by atoms with Crippen molar-refractivity contribution >= 4 is 17.5 Å². The molecule has 0 aromatic carbocycles. The van der Waals surface area contributed by atoms with Gasteiger partial charge in [0.05, 0.1) is 17.1 Å². The summed E-state index contributed by atoms with van der Waals surface area (Å²) in [6, 6.07) is 2.88. The third kappa shape index (κ3) is 2.34. The number of esters is 1. The van der Waals surface area contributed by atoms with E-state index in [-0.39, 0.29) is 18.5 Å². The Morgan fingerprint density at radius 2 is 1.86 bits per heavy atom. The number of fused-ring (bicyclic) bond motifs is 2. The fourth-order valence-corrected chi connectivity index (χ4v) is 7.58. The van der Waals surface area contributed by atoms with Crippen LogP contribution in [0.15, 0.2) is 18.3 Å². The molecule has 3 heterocycles. The van der Waals surface area contributed by atoms with Crippen molar-refractivity contribution < 1.29 is 49.4 Å². The zero-order valence-electron chi connectivity index (χ0n) is 20.9. The molecule has 0 unspecified atom stereocenters. The minimum Gasteiger partial charge on any atom is -0.446 e. The SMILES string of the molecule is C[C@H]1CC[C@@]2(O)[C@]3(O[C@@]4(O)C[C@]2(C)C(=O)[C@H](OC(=O)c2ccc[nH]2)[C@](O)(C(C)(C)O)[C@]4(C)C3=O)[C@@H]1O. The van der Waals surface area contributed by atoms with Gasteiger partial charge in [0.15, 0.2) is 34.7 Å². The Hall–Kier alpha value is -2.15. The number of aromatic nitrogens is 1. The summed E-state index contributed by atoms with van der Waals surface area (Å²) in [6.07, 6.45) is -2.93. The molecule has 4 fully saturated rings. The van der Waals surface area contributed by atoms with E-state index in [0.717, 1.165) is 20.8 Å².